The molecule has 7 heteroatoms. The zero-order chi connectivity index (χ0) is 15.9. The Morgan fingerprint density at radius 2 is 2.04 bits per heavy atom. The quantitative estimate of drug-likeness (QED) is 0.375. The number of nitrogens with one attached hydrogen (secondary N) is 2. The van der Waals surface area contributed by atoms with E-state index in [0.29, 0.717) is 11.1 Å². The van der Waals surface area contributed by atoms with Crippen LogP contribution in [0.3, 0.4) is 0 Å². The summed E-state index contributed by atoms with van der Waals surface area (Å²) in [5.74, 6) is 1.35. The van der Waals surface area contributed by atoms with Gasteiger partial charge in [0.15, 0.2) is 0 Å². The van der Waals surface area contributed by atoms with Gasteiger partial charge in [0.05, 0.1) is 6.21 Å². The number of nitrogens with zero attached hydrogens (tertiary/aromatic N) is 3. The van der Waals surface area contributed by atoms with Crippen LogP contribution in [-0.4, -0.2) is 21.4 Å². The highest BCUT2D eigenvalue weighted by Gasteiger charge is 2.03. The van der Waals surface area contributed by atoms with E-state index in [1.807, 2.05) is 42.5 Å². The Kier molecular flexibility index (Phi) is 5.44. The number of H-pyrrole nitrogens is 1. The average Bonchev–Trinajstić information content (AvgIpc) is 3.02. The molecule has 0 amide bonds. The maximum Gasteiger partial charge on any atom is 0.240 e. The SMILES string of the molecule is Brc1cccc(/C=N\Nc2nc(SCc3ccccc3)n[nH]2)c1. The van der Waals surface area contributed by atoms with Crippen LogP contribution >= 0.6 is 27.7 Å². The molecule has 0 atom stereocenters. The van der Waals surface area contributed by atoms with Crippen molar-refractivity contribution in [3.05, 3.63) is 70.2 Å². The Labute approximate surface area is 146 Å². The lowest BCUT2D eigenvalue weighted by Gasteiger charge is -1.96. The molecule has 0 bridgehead atoms. The lowest BCUT2D eigenvalue weighted by atomic mass is 10.2. The minimum Gasteiger partial charge on any atom is -0.246 e. The molecule has 1 aromatic heterocycles. The molecule has 3 aromatic rings. The zero-order valence-corrected chi connectivity index (χ0v) is 14.5. The number of anilines is 1. The van der Waals surface area contributed by atoms with Gasteiger partial charge in [-0.05, 0) is 23.3 Å². The van der Waals surface area contributed by atoms with Crippen LogP contribution in [-0.2, 0) is 5.75 Å². The van der Waals surface area contributed by atoms with Gasteiger partial charge in [0.2, 0.25) is 11.1 Å². The summed E-state index contributed by atoms with van der Waals surface area (Å²) in [6, 6.07) is 18.1. The van der Waals surface area contributed by atoms with E-state index >= 15 is 0 Å². The Morgan fingerprint density at radius 3 is 2.87 bits per heavy atom. The summed E-state index contributed by atoms with van der Waals surface area (Å²) >= 11 is 5.00. The lowest BCUT2D eigenvalue weighted by Crippen LogP contribution is -1.92. The zero-order valence-electron chi connectivity index (χ0n) is 12.1. The number of halogens is 1. The molecule has 1 heterocycles. The minimum atomic E-state index is 0.520. The van der Waals surface area contributed by atoms with E-state index in [2.05, 4.69) is 53.8 Å². The molecular weight excluding hydrogens is 374 g/mol. The van der Waals surface area contributed by atoms with Crippen LogP contribution in [0.15, 0.2) is 69.3 Å². The number of aromatic amines is 1. The highest BCUT2D eigenvalue weighted by molar-refractivity contribution is 9.10. The first-order chi connectivity index (χ1) is 11.3. The van der Waals surface area contributed by atoms with Crippen molar-refractivity contribution in [1.29, 1.82) is 0 Å². The Hall–Kier alpha value is -2.12. The van der Waals surface area contributed by atoms with E-state index < -0.39 is 0 Å². The smallest absolute Gasteiger partial charge is 0.240 e. The molecule has 116 valence electrons. The number of rotatable bonds is 6. The molecule has 23 heavy (non-hydrogen) atoms. The number of benzene rings is 2. The largest absolute Gasteiger partial charge is 0.246 e. The molecule has 5 nitrogen and oxygen atoms in total. The summed E-state index contributed by atoms with van der Waals surface area (Å²) in [5, 5.41) is 11.8. The lowest BCUT2D eigenvalue weighted by molar-refractivity contribution is 0.972. The maximum absolute atomic E-state index is 4.34. The number of hydrazone groups is 1. The van der Waals surface area contributed by atoms with Gasteiger partial charge in [-0.3, -0.25) is 0 Å². The normalized spacial score (nSPS) is 11.0. The molecule has 0 fully saturated rings. The van der Waals surface area contributed by atoms with Crippen LogP contribution in [0.1, 0.15) is 11.1 Å². The molecule has 0 unspecified atom stereocenters. The number of hydrogen-bond donors (Lipinski definition) is 2. The third kappa shape index (κ3) is 4.94. The number of aromatic nitrogens is 3. The van der Waals surface area contributed by atoms with Crippen molar-refractivity contribution in [1.82, 2.24) is 15.2 Å². The van der Waals surface area contributed by atoms with Gasteiger partial charge >= 0.3 is 0 Å². The topological polar surface area (TPSA) is 66.0 Å². The van der Waals surface area contributed by atoms with Crippen LogP contribution in [0.4, 0.5) is 5.95 Å². The van der Waals surface area contributed by atoms with Crippen molar-refractivity contribution in [2.45, 2.75) is 10.9 Å². The third-order valence-electron chi connectivity index (χ3n) is 2.91. The van der Waals surface area contributed by atoms with Crippen LogP contribution in [0.2, 0.25) is 0 Å². The van der Waals surface area contributed by atoms with Gasteiger partial charge in [0.1, 0.15) is 0 Å². The molecule has 0 spiro atoms. The second kappa shape index (κ2) is 7.94. The van der Waals surface area contributed by atoms with E-state index in [1.54, 1.807) is 18.0 Å². The van der Waals surface area contributed by atoms with Crippen molar-refractivity contribution in [2.75, 3.05) is 5.43 Å². The summed E-state index contributed by atoms with van der Waals surface area (Å²) < 4.78 is 1.01. The van der Waals surface area contributed by atoms with Crippen molar-refractivity contribution < 1.29 is 0 Å². The van der Waals surface area contributed by atoms with Gasteiger partial charge in [0, 0.05) is 10.2 Å². The van der Waals surface area contributed by atoms with Crippen molar-refractivity contribution in [3.8, 4) is 0 Å². The van der Waals surface area contributed by atoms with E-state index in [-0.39, 0.29) is 0 Å². The minimum absolute atomic E-state index is 0.520. The fourth-order valence-corrected chi connectivity index (χ4v) is 3.01. The van der Waals surface area contributed by atoms with Crippen LogP contribution < -0.4 is 5.43 Å². The van der Waals surface area contributed by atoms with Gasteiger partial charge in [-0.2, -0.15) is 10.1 Å². The van der Waals surface area contributed by atoms with Gasteiger partial charge in [-0.25, -0.2) is 10.5 Å². The average molecular weight is 388 g/mol. The predicted octanol–water partition coefficient (Wildman–Crippen LogP) is 4.31. The molecule has 0 aliphatic heterocycles. The van der Waals surface area contributed by atoms with Gasteiger partial charge in [0.25, 0.3) is 0 Å². The monoisotopic (exact) mass is 387 g/mol. The number of hydrogen-bond acceptors (Lipinski definition) is 5. The highest BCUT2D eigenvalue weighted by Crippen LogP contribution is 2.19. The van der Waals surface area contributed by atoms with Crippen LogP contribution in [0.25, 0.3) is 0 Å². The first-order valence-electron chi connectivity index (χ1n) is 6.93. The van der Waals surface area contributed by atoms with Gasteiger partial charge < -0.3 is 0 Å². The summed E-state index contributed by atoms with van der Waals surface area (Å²) in [7, 11) is 0. The summed E-state index contributed by atoms with van der Waals surface area (Å²) in [5.41, 5.74) is 5.07. The molecule has 0 aliphatic rings. The van der Waals surface area contributed by atoms with Gasteiger partial charge in [-0.15, -0.1) is 5.10 Å². The van der Waals surface area contributed by atoms with Crippen LogP contribution in [0, 0.1) is 0 Å². The van der Waals surface area contributed by atoms with Crippen molar-refractivity contribution in [3.63, 3.8) is 0 Å². The highest BCUT2D eigenvalue weighted by atomic mass is 79.9. The molecule has 0 saturated carbocycles. The van der Waals surface area contributed by atoms with Crippen molar-refractivity contribution in [2.24, 2.45) is 5.10 Å². The molecule has 0 radical (unpaired) electrons. The summed E-state index contributed by atoms with van der Waals surface area (Å²) in [6.45, 7) is 0. The molecule has 2 aromatic carbocycles. The summed E-state index contributed by atoms with van der Waals surface area (Å²) in [4.78, 5) is 4.34. The van der Waals surface area contributed by atoms with Crippen LogP contribution in [0.5, 0.6) is 0 Å². The van der Waals surface area contributed by atoms with Gasteiger partial charge in [-0.1, -0.05) is 70.2 Å². The van der Waals surface area contributed by atoms with E-state index in [1.165, 1.54) is 5.56 Å². The Balaban J connectivity index is 1.53. The maximum atomic E-state index is 4.34. The second-order valence-electron chi connectivity index (χ2n) is 4.67. The number of thioether (sulfide) groups is 1. The van der Waals surface area contributed by atoms with E-state index in [9.17, 15) is 0 Å². The summed E-state index contributed by atoms with van der Waals surface area (Å²) in [6.07, 6.45) is 1.73. The standard InChI is InChI=1S/C16H14BrN5S/c17-14-8-4-7-13(9-14)10-18-20-15-19-16(22-21-15)23-11-12-5-2-1-3-6-12/h1-10H,11H2,(H2,19,20,21,22)/b18-10-. The van der Waals surface area contributed by atoms with E-state index in [4.69, 9.17) is 0 Å². The van der Waals surface area contributed by atoms with Crippen molar-refractivity contribution >= 4 is 39.9 Å². The predicted molar refractivity (Wildman–Crippen MR) is 97.7 cm³/mol. The fraction of sp³-hybridized carbons (Fsp3) is 0.0625. The fourth-order valence-electron chi connectivity index (χ4n) is 1.84. The molecule has 0 aliphatic carbocycles. The molecule has 2 N–H and O–H groups in total. The molecular formula is C16H14BrN5S. The Morgan fingerprint density at radius 1 is 1.17 bits per heavy atom. The van der Waals surface area contributed by atoms with E-state index in [0.717, 1.165) is 15.8 Å². The molecule has 3 rings (SSSR count). The first-order valence-corrected chi connectivity index (χ1v) is 8.71. The molecule has 0 saturated heterocycles. The first kappa shape index (κ1) is 15.8. The Bertz CT molecular complexity index is 788. The third-order valence-corrected chi connectivity index (χ3v) is 4.32. The second-order valence-corrected chi connectivity index (χ2v) is 6.52.